The van der Waals surface area contributed by atoms with Crippen molar-refractivity contribution < 1.29 is 18.8 Å². The third-order valence-electron chi connectivity index (χ3n) is 5.37. The number of nitrogens with zero attached hydrogens (tertiary/aromatic N) is 4. The molecule has 186 valence electrons. The summed E-state index contributed by atoms with van der Waals surface area (Å²) in [6.07, 6.45) is 0. The molecule has 0 N–H and O–H groups in total. The number of nitro groups is 1. The zero-order valence-corrected chi connectivity index (χ0v) is 20.7. The van der Waals surface area contributed by atoms with Gasteiger partial charge in [-0.05, 0) is 50.2 Å². The number of hydrogen-bond acceptors (Lipinski definition) is 7. The molecule has 0 bridgehead atoms. The summed E-state index contributed by atoms with van der Waals surface area (Å²) in [6, 6.07) is 20.9. The standard InChI is InChI=1S/C26H25FN4O4S/c1-3-34-21-14-12-20(13-15-21)31-18(2)28-29-26(31)36-25(16-30(32)33)22-9-5-7-11-24(22)35-17-19-8-4-6-10-23(19)27/h4-15,25H,3,16-17H2,1-2H3/t25-/m0/s1. The second-order valence-electron chi connectivity index (χ2n) is 7.83. The first-order chi connectivity index (χ1) is 17.5. The van der Waals surface area contributed by atoms with Gasteiger partial charge in [0.15, 0.2) is 5.16 Å². The average molecular weight is 509 g/mol. The molecule has 8 nitrogen and oxygen atoms in total. The molecule has 1 atom stereocenters. The van der Waals surface area contributed by atoms with Gasteiger partial charge in [-0.3, -0.25) is 14.7 Å². The van der Waals surface area contributed by atoms with Crippen molar-refractivity contribution in [2.75, 3.05) is 13.2 Å². The molecule has 0 aliphatic carbocycles. The lowest BCUT2D eigenvalue weighted by molar-refractivity contribution is -0.479. The van der Waals surface area contributed by atoms with Gasteiger partial charge in [0.1, 0.15) is 35.0 Å². The largest absolute Gasteiger partial charge is 0.494 e. The maximum atomic E-state index is 14.1. The van der Waals surface area contributed by atoms with E-state index in [1.54, 1.807) is 42.5 Å². The van der Waals surface area contributed by atoms with Gasteiger partial charge in [-0.25, -0.2) is 4.39 Å². The first kappa shape index (κ1) is 25.2. The second-order valence-corrected chi connectivity index (χ2v) is 9.00. The summed E-state index contributed by atoms with van der Waals surface area (Å²) >= 11 is 1.23. The molecule has 36 heavy (non-hydrogen) atoms. The van der Waals surface area contributed by atoms with Crippen LogP contribution in [-0.4, -0.2) is 32.8 Å². The van der Waals surface area contributed by atoms with Crippen LogP contribution in [0.5, 0.6) is 11.5 Å². The van der Waals surface area contributed by atoms with Gasteiger partial charge in [0.2, 0.25) is 6.54 Å². The summed E-state index contributed by atoms with van der Waals surface area (Å²) in [5.74, 6) is 1.47. The molecule has 0 spiro atoms. The van der Waals surface area contributed by atoms with Crippen LogP contribution in [0.2, 0.25) is 0 Å². The maximum absolute atomic E-state index is 14.1. The Balaban J connectivity index is 1.63. The summed E-state index contributed by atoms with van der Waals surface area (Å²) in [7, 11) is 0. The Morgan fingerprint density at radius 1 is 1.03 bits per heavy atom. The van der Waals surface area contributed by atoms with Gasteiger partial charge in [0, 0.05) is 21.7 Å². The van der Waals surface area contributed by atoms with Crippen molar-refractivity contribution in [3.63, 3.8) is 0 Å². The van der Waals surface area contributed by atoms with E-state index in [1.807, 2.05) is 42.7 Å². The summed E-state index contributed by atoms with van der Waals surface area (Å²) in [5.41, 5.74) is 1.83. The molecule has 0 unspecified atom stereocenters. The van der Waals surface area contributed by atoms with E-state index in [-0.39, 0.29) is 23.9 Å². The van der Waals surface area contributed by atoms with Gasteiger partial charge >= 0.3 is 0 Å². The zero-order valence-electron chi connectivity index (χ0n) is 19.8. The van der Waals surface area contributed by atoms with E-state index in [0.717, 1.165) is 11.4 Å². The molecular weight excluding hydrogens is 483 g/mol. The number of para-hydroxylation sites is 1. The minimum Gasteiger partial charge on any atom is -0.494 e. The number of aromatic nitrogens is 3. The van der Waals surface area contributed by atoms with E-state index >= 15 is 0 Å². The number of thioether (sulfide) groups is 1. The monoisotopic (exact) mass is 508 g/mol. The fraction of sp³-hybridized carbons (Fsp3) is 0.231. The van der Waals surface area contributed by atoms with Crippen LogP contribution in [0.25, 0.3) is 5.69 Å². The van der Waals surface area contributed by atoms with Crippen LogP contribution in [0.3, 0.4) is 0 Å². The highest BCUT2D eigenvalue weighted by molar-refractivity contribution is 7.99. The second kappa shape index (κ2) is 11.7. The first-order valence-electron chi connectivity index (χ1n) is 11.3. The highest BCUT2D eigenvalue weighted by Crippen LogP contribution is 2.40. The number of benzene rings is 3. The third-order valence-corrected chi connectivity index (χ3v) is 6.53. The molecule has 1 aromatic heterocycles. The van der Waals surface area contributed by atoms with Crippen molar-refractivity contribution in [1.29, 1.82) is 0 Å². The fourth-order valence-corrected chi connectivity index (χ4v) is 4.89. The van der Waals surface area contributed by atoms with Crippen molar-refractivity contribution in [2.24, 2.45) is 0 Å². The van der Waals surface area contributed by atoms with Crippen LogP contribution in [0, 0.1) is 22.9 Å². The quantitative estimate of drug-likeness (QED) is 0.144. The predicted octanol–water partition coefficient (Wildman–Crippen LogP) is 5.80. The molecule has 4 rings (SSSR count). The molecule has 4 aromatic rings. The van der Waals surface area contributed by atoms with Gasteiger partial charge < -0.3 is 9.47 Å². The first-order valence-corrected chi connectivity index (χ1v) is 12.2. The van der Waals surface area contributed by atoms with E-state index in [2.05, 4.69) is 10.2 Å². The highest BCUT2D eigenvalue weighted by Gasteiger charge is 2.26. The van der Waals surface area contributed by atoms with Crippen LogP contribution in [0.15, 0.2) is 78.0 Å². The lowest BCUT2D eigenvalue weighted by Crippen LogP contribution is -2.12. The Bertz CT molecular complexity index is 1330. The third kappa shape index (κ3) is 6.01. The Morgan fingerprint density at radius 3 is 2.47 bits per heavy atom. The molecular formula is C26H25FN4O4S. The highest BCUT2D eigenvalue weighted by atomic mass is 32.2. The van der Waals surface area contributed by atoms with Crippen molar-refractivity contribution in [1.82, 2.24) is 14.8 Å². The summed E-state index contributed by atoms with van der Waals surface area (Å²) < 4.78 is 27.4. The minimum absolute atomic E-state index is 0.001000. The molecule has 0 radical (unpaired) electrons. The van der Waals surface area contributed by atoms with Crippen molar-refractivity contribution in [3.05, 3.63) is 106 Å². The Kier molecular flexibility index (Phi) is 8.17. The van der Waals surface area contributed by atoms with Crippen molar-refractivity contribution >= 4 is 11.8 Å². The molecule has 0 saturated carbocycles. The lowest BCUT2D eigenvalue weighted by Gasteiger charge is -2.18. The van der Waals surface area contributed by atoms with E-state index in [0.29, 0.717) is 34.5 Å². The number of ether oxygens (including phenoxy) is 2. The van der Waals surface area contributed by atoms with E-state index in [9.17, 15) is 14.5 Å². The predicted molar refractivity (Wildman–Crippen MR) is 135 cm³/mol. The SMILES string of the molecule is CCOc1ccc(-n2c(C)nnc2S[C@@H](C[N+](=O)[O-])c2ccccc2OCc2ccccc2F)cc1. The van der Waals surface area contributed by atoms with Crippen LogP contribution in [-0.2, 0) is 6.61 Å². The molecule has 0 saturated heterocycles. The average Bonchev–Trinajstić information content (AvgIpc) is 3.23. The van der Waals surface area contributed by atoms with Crippen LogP contribution in [0.4, 0.5) is 4.39 Å². The van der Waals surface area contributed by atoms with E-state index in [4.69, 9.17) is 9.47 Å². The van der Waals surface area contributed by atoms with Gasteiger partial charge in [-0.2, -0.15) is 0 Å². The summed E-state index contributed by atoms with van der Waals surface area (Å²) in [5, 5.41) is 20.0. The van der Waals surface area contributed by atoms with Crippen LogP contribution in [0.1, 0.15) is 29.1 Å². The Hall–Kier alpha value is -3.92. The topological polar surface area (TPSA) is 92.3 Å². The maximum Gasteiger partial charge on any atom is 0.220 e. The number of halogens is 1. The van der Waals surface area contributed by atoms with Crippen molar-refractivity contribution in [3.8, 4) is 17.2 Å². The molecule has 3 aromatic carbocycles. The van der Waals surface area contributed by atoms with Gasteiger partial charge in [-0.1, -0.05) is 48.2 Å². The number of aryl methyl sites for hydroxylation is 1. The van der Waals surface area contributed by atoms with Crippen LogP contribution >= 0.6 is 11.8 Å². The Labute approximate surface area is 212 Å². The van der Waals surface area contributed by atoms with Gasteiger partial charge in [0.25, 0.3) is 0 Å². The molecule has 1 heterocycles. The van der Waals surface area contributed by atoms with E-state index < -0.39 is 5.25 Å². The van der Waals surface area contributed by atoms with Crippen LogP contribution < -0.4 is 9.47 Å². The molecule has 10 heteroatoms. The number of hydrogen-bond donors (Lipinski definition) is 0. The number of rotatable bonds is 11. The summed E-state index contributed by atoms with van der Waals surface area (Å²) in [6.45, 7) is 3.94. The van der Waals surface area contributed by atoms with Gasteiger partial charge in [-0.15, -0.1) is 10.2 Å². The fourth-order valence-electron chi connectivity index (χ4n) is 3.69. The lowest BCUT2D eigenvalue weighted by atomic mass is 10.1. The molecule has 0 aliphatic rings. The molecule has 0 fully saturated rings. The minimum atomic E-state index is -0.623. The zero-order chi connectivity index (χ0) is 25.5. The van der Waals surface area contributed by atoms with Crippen molar-refractivity contribution in [2.45, 2.75) is 30.9 Å². The Morgan fingerprint density at radius 2 is 1.75 bits per heavy atom. The van der Waals surface area contributed by atoms with E-state index in [1.165, 1.54) is 17.8 Å². The smallest absolute Gasteiger partial charge is 0.220 e. The molecule has 0 aliphatic heterocycles. The molecule has 0 amide bonds. The normalized spacial score (nSPS) is 11.8. The van der Waals surface area contributed by atoms with Gasteiger partial charge in [0.05, 0.1) is 6.61 Å². The summed E-state index contributed by atoms with van der Waals surface area (Å²) in [4.78, 5) is 11.2.